The van der Waals surface area contributed by atoms with E-state index in [-0.39, 0.29) is 11.8 Å². The van der Waals surface area contributed by atoms with Crippen molar-refractivity contribution < 1.29 is 4.79 Å². The third-order valence-corrected chi connectivity index (χ3v) is 8.25. The van der Waals surface area contributed by atoms with E-state index in [0.717, 1.165) is 50.7 Å². The van der Waals surface area contributed by atoms with E-state index in [2.05, 4.69) is 39.6 Å². The summed E-state index contributed by atoms with van der Waals surface area (Å²) < 4.78 is 1.50. The number of carbonyl (C=O) groups is 1. The average molecular weight is 480 g/mol. The summed E-state index contributed by atoms with van der Waals surface area (Å²) in [5.41, 5.74) is 8.06. The van der Waals surface area contributed by atoms with Gasteiger partial charge in [0.15, 0.2) is 0 Å². The van der Waals surface area contributed by atoms with Gasteiger partial charge in [0.25, 0.3) is 0 Å². The van der Waals surface area contributed by atoms with Gasteiger partial charge in [-0.05, 0) is 87.3 Å². The van der Waals surface area contributed by atoms with Crippen molar-refractivity contribution in [2.45, 2.75) is 38.6 Å². The van der Waals surface area contributed by atoms with Crippen LogP contribution in [0.2, 0.25) is 0 Å². The number of urea groups is 1. The molecule has 1 aromatic carbocycles. The lowest BCUT2D eigenvalue weighted by Gasteiger charge is -2.37. The summed E-state index contributed by atoms with van der Waals surface area (Å²) in [6.07, 6.45) is 6.53. The predicted molar refractivity (Wildman–Crippen MR) is 137 cm³/mol. The van der Waals surface area contributed by atoms with Crippen molar-refractivity contribution in [2.24, 2.45) is 17.1 Å². The number of hydrogen-bond acceptors (Lipinski definition) is 6. The fourth-order valence-corrected chi connectivity index (χ4v) is 5.78. The van der Waals surface area contributed by atoms with Crippen molar-refractivity contribution >= 4 is 11.8 Å². The number of rotatable bonds is 6. The molecule has 0 radical (unpaired) electrons. The van der Waals surface area contributed by atoms with Crippen LogP contribution in [0.3, 0.4) is 0 Å². The first-order valence-electron chi connectivity index (χ1n) is 12.9. The maximum atomic E-state index is 12.6. The van der Waals surface area contributed by atoms with E-state index in [4.69, 9.17) is 5.73 Å². The Morgan fingerprint density at radius 1 is 1.17 bits per heavy atom. The summed E-state index contributed by atoms with van der Waals surface area (Å²) in [6, 6.07) is 10.0. The summed E-state index contributed by atoms with van der Waals surface area (Å²) in [6.45, 7) is 8.29. The van der Waals surface area contributed by atoms with E-state index in [9.17, 15) is 9.59 Å². The van der Waals surface area contributed by atoms with Gasteiger partial charge in [-0.3, -0.25) is 9.88 Å². The molecule has 9 nitrogen and oxygen atoms in total. The summed E-state index contributed by atoms with van der Waals surface area (Å²) in [5, 5.41) is 5.94. The van der Waals surface area contributed by atoms with Crippen LogP contribution in [-0.2, 0) is 6.42 Å². The lowest BCUT2D eigenvalue weighted by atomic mass is 9.89. The van der Waals surface area contributed by atoms with Crippen molar-refractivity contribution in [1.82, 2.24) is 24.7 Å². The average Bonchev–Trinajstić information content (AvgIpc) is 3.57. The Labute approximate surface area is 206 Å². The maximum absolute atomic E-state index is 12.6. The zero-order chi connectivity index (χ0) is 24.4. The smallest absolute Gasteiger partial charge is 0.330 e. The Bertz CT molecular complexity index is 1090. The number of anilines is 1. The number of carbonyl (C=O) groups excluding carboxylic acids is 1. The molecule has 1 saturated carbocycles. The first kappa shape index (κ1) is 24.0. The van der Waals surface area contributed by atoms with E-state index in [1.807, 2.05) is 12.1 Å². The van der Waals surface area contributed by atoms with E-state index in [1.54, 1.807) is 17.2 Å². The molecule has 3 aliphatic rings. The van der Waals surface area contributed by atoms with Crippen LogP contribution >= 0.6 is 0 Å². The standard InChI is InChI=1S/C26H37N7O2/c1-19(31-12-7-26(8-13-31)17-21(26)18-27)16-20-2-4-22(5-3-20)33-11-6-23(30-25(33)35)29-24(34)32-14-9-28-10-15-32/h2-6,11,19,21,28H,7-10,12-18,27H2,1H3,(H,29,30,34,35). The van der Waals surface area contributed by atoms with Crippen LogP contribution in [0.15, 0.2) is 41.3 Å². The number of amides is 2. The van der Waals surface area contributed by atoms with Gasteiger partial charge in [0.1, 0.15) is 5.82 Å². The molecule has 2 saturated heterocycles. The molecular formula is C26H37N7O2. The number of hydrogen-bond donors (Lipinski definition) is 3. The number of piperazine rings is 1. The summed E-state index contributed by atoms with van der Waals surface area (Å²) in [7, 11) is 0. The Balaban J connectivity index is 1.16. The van der Waals surface area contributed by atoms with Gasteiger partial charge in [0.2, 0.25) is 0 Å². The van der Waals surface area contributed by atoms with Crippen LogP contribution in [-0.4, -0.2) is 77.2 Å². The van der Waals surface area contributed by atoms with Crippen molar-refractivity contribution in [2.75, 3.05) is 51.1 Å². The molecule has 2 aliphatic heterocycles. The largest absolute Gasteiger partial charge is 0.354 e. The Hall–Kier alpha value is -2.75. The van der Waals surface area contributed by atoms with Crippen LogP contribution in [0.4, 0.5) is 10.6 Å². The number of benzene rings is 1. The monoisotopic (exact) mass is 479 g/mol. The van der Waals surface area contributed by atoms with Crippen LogP contribution in [0.5, 0.6) is 0 Å². The maximum Gasteiger partial charge on any atom is 0.354 e. The summed E-state index contributed by atoms with van der Waals surface area (Å²) in [5.74, 6) is 1.02. The SMILES string of the molecule is CC(Cc1ccc(-n2ccc(NC(=O)N3CCNCC3)nc2=O)cc1)N1CCC2(CC1)CC2CN. The fraction of sp³-hybridized carbons (Fsp3) is 0.577. The highest BCUT2D eigenvalue weighted by molar-refractivity contribution is 5.88. The molecular weight excluding hydrogens is 442 g/mol. The first-order valence-corrected chi connectivity index (χ1v) is 12.9. The van der Waals surface area contributed by atoms with Crippen LogP contribution in [0.1, 0.15) is 31.7 Å². The highest BCUT2D eigenvalue weighted by atomic mass is 16.2. The molecule has 2 unspecified atom stereocenters. The van der Waals surface area contributed by atoms with Crippen molar-refractivity contribution in [1.29, 1.82) is 0 Å². The highest BCUT2D eigenvalue weighted by Gasteiger charge is 2.53. The van der Waals surface area contributed by atoms with E-state index < -0.39 is 5.69 Å². The minimum atomic E-state index is -0.415. The van der Waals surface area contributed by atoms with Gasteiger partial charge in [-0.15, -0.1) is 0 Å². The van der Waals surface area contributed by atoms with Gasteiger partial charge in [0, 0.05) is 38.4 Å². The van der Waals surface area contributed by atoms with E-state index in [1.165, 1.54) is 29.4 Å². The second-order valence-electron chi connectivity index (χ2n) is 10.4. The van der Waals surface area contributed by atoms with Gasteiger partial charge < -0.3 is 20.9 Å². The number of aromatic nitrogens is 2. The van der Waals surface area contributed by atoms with Crippen molar-refractivity contribution in [3.63, 3.8) is 0 Å². The fourth-order valence-electron chi connectivity index (χ4n) is 5.78. The molecule has 0 bridgehead atoms. The zero-order valence-electron chi connectivity index (χ0n) is 20.6. The third-order valence-electron chi connectivity index (χ3n) is 8.25. The molecule has 1 aliphatic carbocycles. The van der Waals surface area contributed by atoms with Crippen LogP contribution in [0, 0.1) is 11.3 Å². The molecule has 5 rings (SSSR count). The van der Waals surface area contributed by atoms with Crippen LogP contribution in [0.25, 0.3) is 5.69 Å². The highest BCUT2D eigenvalue weighted by Crippen LogP contribution is 2.58. The van der Waals surface area contributed by atoms with Crippen LogP contribution < -0.4 is 22.1 Å². The second-order valence-corrected chi connectivity index (χ2v) is 10.4. The number of nitrogens with two attached hydrogens (primary N) is 1. The van der Waals surface area contributed by atoms with Crippen molar-refractivity contribution in [3.8, 4) is 5.69 Å². The molecule has 35 heavy (non-hydrogen) atoms. The number of nitrogens with zero attached hydrogens (tertiary/aromatic N) is 4. The third kappa shape index (κ3) is 5.27. The number of nitrogens with one attached hydrogen (secondary N) is 2. The molecule has 1 spiro atoms. The minimum Gasteiger partial charge on any atom is -0.330 e. The van der Waals surface area contributed by atoms with Gasteiger partial charge >= 0.3 is 11.7 Å². The zero-order valence-corrected chi connectivity index (χ0v) is 20.6. The lowest BCUT2D eigenvalue weighted by Crippen LogP contribution is -2.48. The summed E-state index contributed by atoms with van der Waals surface area (Å²) >= 11 is 0. The van der Waals surface area contributed by atoms with Gasteiger partial charge in [-0.2, -0.15) is 4.98 Å². The number of piperidine rings is 1. The molecule has 2 atom stereocenters. The minimum absolute atomic E-state index is 0.227. The number of likely N-dealkylation sites (tertiary alicyclic amines) is 1. The molecule has 4 N–H and O–H groups in total. The Morgan fingerprint density at radius 3 is 2.51 bits per heavy atom. The van der Waals surface area contributed by atoms with Gasteiger partial charge in [-0.25, -0.2) is 9.59 Å². The second kappa shape index (κ2) is 10.1. The quantitative estimate of drug-likeness (QED) is 0.582. The predicted octanol–water partition coefficient (Wildman–Crippen LogP) is 1.66. The van der Waals surface area contributed by atoms with E-state index in [0.29, 0.717) is 24.5 Å². The molecule has 3 heterocycles. The normalized spacial score (nSPS) is 22.7. The lowest BCUT2D eigenvalue weighted by molar-refractivity contribution is 0.124. The van der Waals surface area contributed by atoms with Gasteiger partial charge in [-0.1, -0.05) is 12.1 Å². The Morgan fingerprint density at radius 2 is 1.89 bits per heavy atom. The first-order chi connectivity index (χ1) is 17.0. The molecule has 1 aromatic heterocycles. The molecule has 3 fully saturated rings. The summed E-state index contributed by atoms with van der Waals surface area (Å²) in [4.78, 5) is 33.4. The van der Waals surface area contributed by atoms with E-state index >= 15 is 0 Å². The Kier molecular flexibility index (Phi) is 6.91. The molecule has 9 heteroatoms. The molecule has 188 valence electrons. The molecule has 2 amide bonds. The molecule has 2 aromatic rings. The van der Waals surface area contributed by atoms with Gasteiger partial charge in [0.05, 0.1) is 5.69 Å². The van der Waals surface area contributed by atoms with Crippen molar-refractivity contribution in [3.05, 3.63) is 52.6 Å². The topological polar surface area (TPSA) is 109 Å².